The lowest BCUT2D eigenvalue weighted by Gasteiger charge is -2.19. The van der Waals surface area contributed by atoms with Gasteiger partial charge in [-0.25, -0.2) is 4.79 Å². The average Bonchev–Trinajstić information content (AvgIpc) is 2.77. The number of hydrogen-bond acceptors (Lipinski definition) is 1. The largest absolute Gasteiger partial charge is 0.477 e. The minimum Gasteiger partial charge on any atom is -0.477 e. The zero-order valence-corrected chi connectivity index (χ0v) is 10.8. The number of benzene rings is 1. The fraction of sp³-hybridized carbons (Fsp3) is 0.267. The van der Waals surface area contributed by atoms with Crippen molar-refractivity contribution < 1.29 is 9.90 Å². The Bertz CT molecular complexity index is 559. The third kappa shape index (κ3) is 2.30. The molecule has 0 aliphatic heterocycles. The van der Waals surface area contributed by atoms with Crippen LogP contribution < -0.4 is 0 Å². The summed E-state index contributed by atoms with van der Waals surface area (Å²) < 4.78 is 1.68. The van der Waals surface area contributed by atoms with Crippen molar-refractivity contribution in [1.82, 2.24) is 4.57 Å². The first-order valence-electron chi connectivity index (χ1n) is 5.91. The SMILES string of the molecule is CC(C)(C)c1ccc(-n2cccc2C(=O)O)cc1. The summed E-state index contributed by atoms with van der Waals surface area (Å²) >= 11 is 0. The monoisotopic (exact) mass is 243 g/mol. The van der Waals surface area contributed by atoms with Gasteiger partial charge >= 0.3 is 5.97 Å². The number of aromatic nitrogens is 1. The van der Waals surface area contributed by atoms with Gasteiger partial charge < -0.3 is 9.67 Å². The van der Waals surface area contributed by atoms with E-state index in [0.717, 1.165) is 5.69 Å². The lowest BCUT2D eigenvalue weighted by atomic mass is 9.87. The van der Waals surface area contributed by atoms with Crippen LogP contribution in [0.4, 0.5) is 0 Å². The van der Waals surface area contributed by atoms with Gasteiger partial charge in [0.1, 0.15) is 5.69 Å². The van der Waals surface area contributed by atoms with Gasteiger partial charge in [0.15, 0.2) is 0 Å². The second-order valence-corrected chi connectivity index (χ2v) is 5.37. The van der Waals surface area contributed by atoms with Crippen LogP contribution in [0.2, 0.25) is 0 Å². The molecule has 0 unspecified atom stereocenters. The molecule has 0 aliphatic carbocycles. The summed E-state index contributed by atoms with van der Waals surface area (Å²) in [5.74, 6) is -0.917. The number of aromatic carboxylic acids is 1. The summed E-state index contributed by atoms with van der Waals surface area (Å²) in [4.78, 5) is 11.1. The topological polar surface area (TPSA) is 42.2 Å². The molecule has 3 heteroatoms. The van der Waals surface area contributed by atoms with E-state index in [1.165, 1.54) is 5.56 Å². The van der Waals surface area contributed by atoms with Gasteiger partial charge in [0.2, 0.25) is 0 Å². The summed E-state index contributed by atoms with van der Waals surface area (Å²) in [6, 6.07) is 11.3. The molecule has 0 aliphatic rings. The number of carbonyl (C=O) groups is 1. The van der Waals surface area contributed by atoms with Crippen LogP contribution >= 0.6 is 0 Å². The van der Waals surface area contributed by atoms with Crippen LogP contribution in [0.25, 0.3) is 5.69 Å². The molecule has 1 N–H and O–H groups in total. The van der Waals surface area contributed by atoms with Crippen LogP contribution in [-0.4, -0.2) is 15.6 Å². The normalized spacial score (nSPS) is 11.5. The van der Waals surface area contributed by atoms with E-state index in [2.05, 4.69) is 20.8 Å². The molecule has 0 atom stereocenters. The first kappa shape index (κ1) is 12.4. The highest BCUT2D eigenvalue weighted by molar-refractivity contribution is 5.86. The molecule has 1 aromatic carbocycles. The second kappa shape index (κ2) is 4.33. The van der Waals surface area contributed by atoms with Crippen molar-refractivity contribution in [3.63, 3.8) is 0 Å². The zero-order chi connectivity index (χ0) is 13.3. The maximum absolute atomic E-state index is 11.1. The quantitative estimate of drug-likeness (QED) is 0.877. The predicted molar refractivity (Wildman–Crippen MR) is 71.4 cm³/mol. The van der Waals surface area contributed by atoms with Gasteiger partial charge in [0, 0.05) is 11.9 Å². The van der Waals surface area contributed by atoms with E-state index in [-0.39, 0.29) is 11.1 Å². The third-order valence-electron chi connectivity index (χ3n) is 2.98. The fourth-order valence-corrected chi connectivity index (χ4v) is 1.90. The Morgan fingerprint density at radius 3 is 2.22 bits per heavy atom. The lowest BCUT2D eigenvalue weighted by molar-refractivity contribution is 0.0688. The maximum atomic E-state index is 11.1. The predicted octanol–water partition coefficient (Wildman–Crippen LogP) is 3.47. The van der Waals surface area contributed by atoms with Crippen LogP contribution in [0.5, 0.6) is 0 Å². The van der Waals surface area contributed by atoms with Gasteiger partial charge in [-0.3, -0.25) is 0 Å². The molecule has 3 nitrogen and oxygen atoms in total. The maximum Gasteiger partial charge on any atom is 0.352 e. The Balaban J connectivity index is 2.41. The Labute approximate surface area is 107 Å². The summed E-state index contributed by atoms with van der Waals surface area (Å²) in [5.41, 5.74) is 2.48. The molecule has 2 rings (SSSR count). The molecule has 1 aromatic heterocycles. The van der Waals surface area contributed by atoms with Crippen molar-refractivity contribution in [2.45, 2.75) is 26.2 Å². The molecule has 0 spiro atoms. The van der Waals surface area contributed by atoms with Gasteiger partial charge in [0.25, 0.3) is 0 Å². The Kier molecular flexibility index (Phi) is 2.99. The molecule has 0 amide bonds. The van der Waals surface area contributed by atoms with Crippen LogP contribution in [0, 0.1) is 0 Å². The van der Waals surface area contributed by atoms with Crippen molar-refractivity contribution in [3.05, 3.63) is 53.9 Å². The first-order valence-corrected chi connectivity index (χ1v) is 5.91. The number of carboxylic acids is 1. The number of carboxylic acid groups (broad SMARTS) is 1. The fourth-order valence-electron chi connectivity index (χ4n) is 1.90. The van der Waals surface area contributed by atoms with E-state index in [0.29, 0.717) is 0 Å². The Morgan fingerprint density at radius 1 is 1.11 bits per heavy atom. The highest BCUT2D eigenvalue weighted by Gasteiger charge is 2.14. The van der Waals surface area contributed by atoms with E-state index in [9.17, 15) is 4.79 Å². The standard InChI is InChI=1S/C15H17NO2/c1-15(2,3)11-6-8-12(9-7-11)16-10-4-5-13(16)14(17)18/h4-10H,1-3H3,(H,17,18). The zero-order valence-electron chi connectivity index (χ0n) is 10.8. The molecule has 0 saturated heterocycles. The van der Waals surface area contributed by atoms with Crippen molar-refractivity contribution in [2.24, 2.45) is 0 Å². The Morgan fingerprint density at radius 2 is 1.72 bits per heavy atom. The van der Waals surface area contributed by atoms with Crippen LogP contribution in [-0.2, 0) is 5.41 Å². The minimum atomic E-state index is -0.917. The molecular formula is C15H17NO2. The molecule has 0 saturated carbocycles. The van der Waals surface area contributed by atoms with E-state index >= 15 is 0 Å². The summed E-state index contributed by atoms with van der Waals surface area (Å²) in [6.45, 7) is 6.46. The molecule has 18 heavy (non-hydrogen) atoms. The van der Waals surface area contributed by atoms with E-state index in [4.69, 9.17) is 5.11 Å². The van der Waals surface area contributed by atoms with Crippen LogP contribution in [0.1, 0.15) is 36.8 Å². The summed E-state index contributed by atoms with van der Waals surface area (Å²) in [7, 11) is 0. The van der Waals surface area contributed by atoms with Gasteiger partial charge in [0.05, 0.1) is 0 Å². The molecule has 0 radical (unpaired) electrons. The number of hydrogen-bond donors (Lipinski definition) is 1. The van der Waals surface area contributed by atoms with Crippen molar-refractivity contribution in [1.29, 1.82) is 0 Å². The van der Waals surface area contributed by atoms with Gasteiger partial charge in [-0.1, -0.05) is 32.9 Å². The molecule has 2 aromatic rings. The number of rotatable bonds is 2. The third-order valence-corrected chi connectivity index (χ3v) is 2.98. The van der Waals surface area contributed by atoms with Crippen molar-refractivity contribution in [2.75, 3.05) is 0 Å². The average molecular weight is 243 g/mol. The smallest absolute Gasteiger partial charge is 0.352 e. The lowest BCUT2D eigenvalue weighted by Crippen LogP contribution is -2.11. The van der Waals surface area contributed by atoms with E-state index < -0.39 is 5.97 Å². The van der Waals surface area contributed by atoms with Gasteiger partial charge in [-0.05, 0) is 35.2 Å². The summed E-state index contributed by atoms with van der Waals surface area (Å²) in [5, 5.41) is 9.08. The minimum absolute atomic E-state index is 0.102. The van der Waals surface area contributed by atoms with Crippen molar-refractivity contribution >= 4 is 5.97 Å². The molecule has 94 valence electrons. The van der Waals surface area contributed by atoms with E-state index in [1.807, 2.05) is 24.3 Å². The molecule has 0 fully saturated rings. The molecule has 1 heterocycles. The second-order valence-electron chi connectivity index (χ2n) is 5.37. The summed E-state index contributed by atoms with van der Waals surface area (Å²) in [6.07, 6.45) is 1.76. The van der Waals surface area contributed by atoms with Crippen LogP contribution in [0.3, 0.4) is 0 Å². The van der Waals surface area contributed by atoms with Crippen LogP contribution in [0.15, 0.2) is 42.6 Å². The molecule has 0 bridgehead atoms. The Hall–Kier alpha value is -2.03. The highest BCUT2D eigenvalue weighted by Crippen LogP contribution is 2.23. The van der Waals surface area contributed by atoms with E-state index in [1.54, 1.807) is 22.9 Å². The number of nitrogens with zero attached hydrogens (tertiary/aromatic N) is 1. The highest BCUT2D eigenvalue weighted by atomic mass is 16.4. The van der Waals surface area contributed by atoms with Gasteiger partial charge in [-0.15, -0.1) is 0 Å². The van der Waals surface area contributed by atoms with Crippen molar-refractivity contribution in [3.8, 4) is 5.69 Å². The van der Waals surface area contributed by atoms with Gasteiger partial charge in [-0.2, -0.15) is 0 Å². The first-order chi connectivity index (χ1) is 8.39. The molecular weight excluding hydrogens is 226 g/mol.